The van der Waals surface area contributed by atoms with E-state index in [9.17, 15) is 10.2 Å². The molecule has 0 amide bonds. The molecule has 0 aliphatic heterocycles. The van der Waals surface area contributed by atoms with Crippen LogP contribution in [0.3, 0.4) is 0 Å². The molecule has 0 radical (unpaired) electrons. The summed E-state index contributed by atoms with van der Waals surface area (Å²) < 4.78 is 22.8. The highest BCUT2D eigenvalue weighted by Crippen LogP contribution is 2.43. The lowest BCUT2D eigenvalue weighted by Gasteiger charge is -2.24. The standard InChI is InChI=1S/C33H34O6/c1-36-28-16-10-24(11-17-28)29(18-12-25-9-15-27(35)21-30(25)37-2)33-31(38-3)19-23(20-32(33)39-4)6-5-22-7-13-26(34)14-8-22/h5-11,13-17,19-21,29,34-35H,12,18H2,1-4H3/t29-/m0/s1. The molecule has 4 rings (SSSR count). The summed E-state index contributed by atoms with van der Waals surface area (Å²) in [6.45, 7) is 0. The zero-order valence-electron chi connectivity index (χ0n) is 22.7. The van der Waals surface area contributed by atoms with E-state index in [4.69, 9.17) is 18.9 Å². The molecule has 202 valence electrons. The number of hydrogen-bond donors (Lipinski definition) is 2. The van der Waals surface area contributed by atoms with Gasteiger partial charge in [-0.15, -0.1) is 0 Å². The lowest BCUT2D eigenvalue weighted by atomic mass is 9.84. The second-order valence-corrected chi connectivity index (χ2v) is 9.12. The molecule has 0 saturated carbocycles. The SMILES string of the molecule is COc1ccc([C@H](CCc2ccc(O)cc2OC)c2c(OC)cc(C=Cc3ccc(O)cc3)cc2OC)cc1. The van der Waals surface area contributed by atoms with E-state index in [0.29, 0.717) is 12.2 Å². The maximum atomic E-state index is 9.90. The summed E-state index contributed by atoms with van der Waals surface area (Å²) in [5.74, 6) is 3.21. The quantitative estimate of drug-likeness (QED) is 0.204. The van der Waals surface area contributed by atoms with Crippen LogP contribution < -0.4 is 18.9 Å². The number of phenolic OH excluding ortho intramolecular Hbond substituents is 2. The van der Waals surface area contributed by atoms with E-state index in [-0.39, 0.29) is 17.4 Å². The van der Waals surface area contributed by atoms with E-state index < -0.39 is 0 Å². The molecule has 0 heterocycles. The highest BCUT2D eigenvalue weighted by Gasteiger charge is 2.24. The molecule has 0 spiro atoms. The first-order valence-corrected chi connectivity index (χ1v) is 12.7. The molecule has 6 nitrogen and oxygen atoms in total. The second-order valence-electron chi connectivity index (χ2n) is 9.12. The Labute approximate surface area is 229 Å². The number of rotatable bonds is 11. The van der Waals surface area contributed by atoms with Gasteiger partial charge in [-0.1, -0.05) is 42.5 Å². The van der Waals surface area contributed by atoms with E-state index in [0.717, 1.165) is 51.5 Å². The fourth-order valence-electron chi connectivity index (χ4n) is 4.73. The van der Waals surface area contributed by atoms with Gasteiger partial charge in [0.2, 0.25) is 0 Å². The van der Waals surface area contributed by atoms with Crippen LogP contribution in [0.15, 0.2) is 78.9 Å². The third-order valence-electron chi connectivity index (χ3n) is 6.77. The van der Waals surface area contributed by atoms with Crippen LogP contribution in [0.4, 0.5) is 0 Å². The second kappa shape index (κ2) is 12.8. The third kappa shape index (κ3) is 6.65. The Morgan fingerprint density at radius 2 is 1.21 bits per heavy atom. The molecule has 0 bridgehead atoms. The van der Waals surface area contributed by atoms with Crippen molar-refractivity contribution in [1.29, 1.82) is 0 Å². The molecular formula is C33H34O6. The van der Waals surface area contributed by atoms with Gasteiger partial charge in [-0.25, -0.2) is 0 Å². The summed E-state index contributed by atoms with van der Waals surface area (Å²) in [5.41, 5.74) is 4.94. The highest BCUT2D eigenvalue weighted by molar-refractivity contribution is 5.72. The number of hydrogen-bond acceptors (Lipinski definition) is 6. The molecule has 1 atom stereocenters. The maximum Gasteiger partial charge on any atom is 0.126 e. The molecule has 2 N–H and O–H groups in total. The lowest BCUT2D eigenvalue weighted by Crippen LogP contribution is -2.08. The molecule has 4 aromatic carbocycles. The summed E-state index contributed by atoms with van der Waals surface area (Å²) >= 11 is 0. The topological polar surface area (TPSA) is 77.4 Å². The van der Waals surface area contributed by atoms with Crippen molar-refractivity contribution in [1.82, 2.24) is 0 Å². The van der Waals surface area contributed by atoms with Crippen molar-refractivity contribution in [2.75, 3.05) is 28.4 Å². The maximum absolute atomic E-state index is 9.90. The number of phenols is 2. The van der Waals surface area contributed by atoms with Crippen LogP contribution in [-0.4, -0.2) is 38.7 Å². The summed E-state index contributed by atoms with van der Waals surface area (Å²) in [6, 6.07) is 24.3. The Morgan fingerprint density at radius 1 is 0.615 bits per heavy atom. The minimum absolute atomic E-state index is 0.0607. The van der Waals surface area contributed by atoms with Crippen LogP contribution in [0.25, 0.3) is 12.2 Å². The van der Waals surface area contributed by atoms with E-state index >= 15 is 0 Å². The summed E-state index contributed by atoms with van der Waals surface area (Å²) in [4.78, 5) is 0. The first-order chi connectivity index (χ1) is 18.9. The van der Waals surface area contributed by atoms with E-state index in [1.54, 1.807) is 52.7 Å². The molecule has 0 saturated heterocycles. The van der Waals surface area contributed by atoms with Gasteiger partial charge in [0.25, 0.3) is 0 Å². The molecule has 6 heteroatoms. The highest BCUT2D eigenvalue weighted by atomic mass is 16.5. The van der Waals surface area contributed by atoms with Gasteiger partial charge in [-0.3, -0.25) is 0 Å². The van der Waals surface area contributed by atoms with E-state index in [2.05, 4.69) is 12.1 Å². The zero-order valence-corrected chi connectivity index (χ0v) is 22.7. The van der Waals surface area contributed by atoms with Crippen molar-refractivity contribution in [3.63, 3.8) is 0 Å². The fourth-order valence-corrected chi connectivity index (χ4v) is 4.73. The average Bonchev–Trinajstić information content (AvgIpc) is 2.97. The Morgan fingerprint density at radius 3 is 1.79 bits per heavy atom. The fraction of sp³-hybridized carbons (Fsp3) is 0.212. The number of benzene rings is 4. The number of methoxy groups -OCH3 is 4. The predicted octanol–water partition coefficient (Wildman–Crippen LogP) is 7.07. The molecule has 4 aromatic rings. The molecule has 39 heavy (non-hydrogen) atoms. The molecular weight excluding hydrogens is 492 g/mol. The van der Waals surface area contributed by atoms with Crippen molar-refractivity contribution in [3.05, 3.63) is 107 Å². The van der Waals surface area contributed by atoms with Crippen LogP contribution in [0, 0.1) is 0 Å². The predicted molar refractivity (Wildman–Crippen MR) is 154 cm³/mol. The Kier molecular flexibility index (Phi) is 9.00. The largest absolute Gasteiger partial charge is 0.508 e. The smallest absolute Gasteiger partial charge is 0.126 e. The average molecular weight is 527 g/mol. The monoisotopic (exact) mass is 526 g/mol. The van der Waals surface area contributed by atoms with Gasteiger partial charge >= 0.3 is 0 Å². The van der Waals surface area contributed by atoms with Gasteiger partial charge in [0.05, 0.1) is 28.4 Å². The van der Waals surface area contributed by atoms with Gasteiger partial charge in [-0.05, 0) is 77.6 Å². The minimum Gasteiger partial charge on any atom is -0.508 e. The van der Waals surface area contributed by atoms with Gasteiger partial charge in [0, 0.05) is 17.5 Å². The summed E-state index contributed by atoms with van der Waals surface area (Å²) in [7, 11) is 6.59. The Hall–Kier alpha value is -4.58. The van der Waals surface area contributed by atoms with Gasteiger partial charge < -0.3 is 29.2 Å². The van der Waals surface area contributed by atoms with Crippen LogP contribution in [0.1, 0.15) is 40.2 Å². The van der Waals surface area contributed by atoms with Gasteiger partial charge in [-0.2, -0.15) is 0 Å². The van der Waals surface area contributed by atoms with Crippen molar-refractivity contribution in [2.45, 2.75) is 18.8 Å². The van der Waals surface area contributed by atoms with Gasteiger partial charge in [0.1, 0.15) is 34.5 Å². The molecule has 0 aliphatic carbocycles. The minimum atomic E-state index is -0.0607. The van der Waals surface area contributed by atoms with E-state index in [1.165, 1.54) is 0 Å². The molecule has 0 unspecified atom stereocenters. The number of aryl methyl sites for hydroxylation is 1. The van der Waals surface area contributed by atoms with Crippen LogP contribution >= 0.6 is 0 Å². The molecule has 0 fully saturated rings. The lowest BCUT2D eigenvalue weighted by molar-refractivity contribution is 0.379. The number of aromatic hydroxyl groups is 2. The van der Waals surface area contributed by atoms with Crippen LogP contribution in [0.2, 0.25) is 0 Å². The Balaban J connectivity index is 1.75. The summed E-state index contributed by atoms with van der Waals surface area (Å²) in [6.07, 6.45) is 5.41. The first kappa shape index (κ1) is 27.5. The zero-order chi connectivity index (χ0) is 27.8. The van der Waals surface area contributed by atoms with Gasteiger partial charge in [0.15, 0.2) is 0 Å². The number of ether oxygens (including phenoxy) is 4. The van der Waals surface area contributed by atoms with E-state index in [1.807, 2.05) is 54.6 Å². The molecule has 0 aromatic heterocycles. The summed E-state index contributed by atoms with van der Waals surface area (Å²) in [5, 5.41) is 19.5. The Bertz CT molecular complexity index is 1380. The van der Waals surface area contributed by atoms with Crippen LogP contribution in [0.5, 0.6) is 34.5 Å². The van der Waals surface area contributed by atoms with Crippen molar-refractivity contribution >= 4 is 12.2 Å². The first-order valence-electron chi connectivity index (χ1n) is 12.7. The normalized spacial score (nSPS) is 11.8. The van der Waals surface area contributed by atoms with Crippen molar-refractivity contribution in [3.8, 4) is 34.5 Å². The van der Waals surface area contributed by atoms with Crippen molar-refractivity contribution in [2.24, 2.45) is 0 Å². The van der Waals surface area contributed by atoms with Crippen molar-refractivity contribution < 1.29 is 29.2 Å². The molecule has 0 aliphatic rings. The van der Waals surface area contributed by atoms with Crippen LogP contribution in [-0.2, 0) is 6.42 Å². The third-order valence-corrected chi connectivity index (χ3v) is 6.77.